The van der Waals surface area contributed by atoms with Crippen molar-refractivity contribution in [2.24, 2.45) is 0 Å². The van der Waals surface area contributed by atoms with Crippen molar-refractivity contribution >= 4 is 29.2 Å². The van der Waals surface area contributed by atoms with E-state index in [0.717, 1.165) is 30.3 Å². The predicted molar refractivity (Wildman–Crippen MR) is 96.0 cm³/mol. The average molecular weight is 425 g/mol. The molecule has 158 valence electrons. The van der Waals surface area contributed by atoms with Gasteiger partial charge in [-0.15, -0.1) is 0 Å². The highest BCUT2D eigenvalue weighted by Crippen LogP contribution is 2.21. The molecular formula is C18H14F3N3O6. The Labute approximate surface area is 167 Å². The van der Waals surface area contributed by atoms with Gasteiger partial charge in [0, 0.05) is 24.4 Å². The standard InChI is InChI=1S/C18H14F3N3O6/c19-10-1-3-12(14(21)7-10)18(27)22-6-5-17(26)30-9-16(25)23-11-2-4-13(20)15(8-11)24(28)29/h1-4,7-8H,5-6,9H2,(H,22,27)(H,23,25). The fourth-order valence-electron chi connectivity index (χ4n) is 2.19. The maximum absolute atomic E-state index is 13.5. The Morgan fingerprint density at radius 2 is 1.77 bits per heavy atom. The zero-order chi connectivity index (χ0) is 22.3. The van der Waals surface area contributed by atoms with E-state index in [4.69, 9.17) is 0 Å². The summed E-state index contributed by atoms with van der Waals surface area (Å²) in [7, 11) is 0. The SMILES string of the molecule is O=C(COC(=O)CCNC(=O)c1ccc(F)cc1F)Nc1ccc(F)c([N+](=O)[O-])c1. The number of anilines is 1. The lowest BCUT2D eigenvalue weighted by Crippen LogP contribution is -2.28. The molecule has 0 atom stereocenters. The Morgan fingerprint density at radius 1 is 1.03 bits per heavy atom. The van der Waals surface area contributed by atoms with Gasteiger partial charge in [0.25, 0.3) is 11.8 Å². The molecule has 0 saturated carbocycles. The Balaban J connectivity index is 1.75. The van der Waals surface area contributed by atoms with E-state index in [1.54, 1.807) is 0 Å². The van der Waals surface area contributed by atoms with E-state index in [2.05, 4.69) is 15.4 Å². The quantitative estimate of drug-likeness (QED) is 0.380. The van der Waals surface area contributed by atoms with Crippen LogP contribution in [0.1, 0.15) is 16.8 Å². The van der Waals surface area contributed by atoms with Crippen molar-refractivity contribution in [2.45, 2.75) is 6.42 Å². The number of nitro benzene ring substituents is 1. The van der Waals surface area contributed by atoms with Gasteiger partial charge in [0.2, 0.25) is 5.82 Å². The molecule has 0 fully saturated rings. The van der Waals surface area contributed by atoms with Crippen LogP contribution in [0.15, 0.2) is 36.4 Å². The van der Waals surface area contributed by atoms with Gasteiger partial charge in [0.15, 0.2) is 6.61 Å². The van der Waals surface area contributed by atoms with Crippen molar-refractivity contribution in [1.82, 2.24) is 5.32 Å². The molecule has 2 N–H and O–H groups in total. The second kappa shape index (κ2) is 10.0. The van der Waals surface area contributed by atoms with Crippen LogP contribution in [0.5, 0.6) is 0 Å². The molecule has 0 aliphatic heterocycles. The van der Waals surface area contributed by atoms with Gasteiger partial charge in [-0.25, -0.2) is 8.78 Å². The molecule has 2 aromatic carbocycles. The molecule has 0 spiro atoms. The summed E-state index contributed by atoms with van der Waals surface area (Å²) in [6, 6.07) is 5.08. The minimum Gasteiger partial charge on any atom is -0.456 e. The van der Waals surface area contributed by atoms with Gasteiger partial charge in [0.05, 0.1) is 16.9 Å². The predicted octanol–water partition coefficient (Wildman–Crippen LogP) is 2.31. The number of hydrogen-bond donors (Lipinski definition) is 2. The summed E-state index contributed by atoms with van der Waals surface area (Å²) >= 11 is 0. The first-order chi connectivity index (χ1) is 14.2. The first-order valence-corrected chi connectivity index (χ1v) is 8.30. The summed E-state index contributed by atoms with van der Waals surface area (Å²) < 4.78 is 44.2. The first kappa shape index (κ1) is 22.3. The first-order valence-electron chi connectivity index (χ1n) is 8.30. The number of nitro groups is 1. The molecule has 2 aromatic rings. The summed E-state index contributed by atoms with van der Waals surface area (Å²) in [6.45, 7) is -0.967. The molecule has 2 rings (SSSR count). The van der Waals surface area contributed by atoms with E-state index in [1.807, 2.05) is 0 Å². The lowest BCUT2D eigenvalue weighted by Gasteiger charge is -2.08. The lowest BCUT2D eigenvalue weighted by atomic mass is 10.2. The van der Waals surface area contributed by atoms with Crippen LogP contribution in [0.4, 0.5) is 24.5 Å². The minimum absolute atomic E-state index is 0.0715. The van der Waals surface area contributed by atoms with E-state index in [0.29, 0.717) is 6.07 Å². The van der Waals surface area contributed by atoms with Crippen molar-refractivity contribution in [2.75, 3.05) is 18.5 Å². The largest absolute Gasteiger partial charge is 0.456 e. The third-order valence-corrected chi connectivity index (χ3v) is 3.58. The van der Waals surface area contributed by atoms with Gasteiger partial charge in [-0.3, -0.25) is 24.5 Å². The molecule has 30 heavy (non-hydrogen) atoms. The van der Waals surface area contributed by atoms with Crippen LogP contribution in [-0.4, -0.2) is 35.9 Å². The number of carbonyl (C=O) groups is 3. The number of esters is 1. The highest BCUT2D eigenvalue weighted by Gasteiger charge is 2.16. The third kappa shape index (κ3) is 6.29. The smallest absolute Gasteiger partial charge is 0.308 e. The normalized spacial score (nSPS) is 10.2. The summed E-state index contributed by atoms with van der Waals surface area (Å²) in [6.07, 6.45) is -0.343. The van der Waals surface area contributed by atoms with E-state index < -0.39 is 58.0 Å². The van der Waals surface area contributed by atoms with E-state index in [-0.39, 0.29) is 18.7 Å². The van der Waals surface area contributed by atoms with Gasteiger partial charge in [-0.2, -0.15) is 4.39 Å². The number of amides is 2. The number of nitrogens with zero attached hydrogens (tertiary/aromatic N) is 1. The van der Waals surface area contributed by atoms with Crippen LogP contribution < -0.4 is 10.6 Å². The monoisotopic (exact) mass is 425 g/mol. The maximum Gasteiger partial charge on any atom is 0.308 e. The number of benzene rings is 2. The number of nitrogens with one attached hydrogen (secondary N) is 2. The van der Waals surface area contributed by atoms with Crippen LogP contribution in [-0.2, 0) is 14.3 Å². The molecule has 0 radical (unpaired) electrons. The molecule has 12 heteroatoms. The van der Waals surface area contributed by atoms with Crippen LogP contribution >= 0.6 is 0 Å². The van der Waals surface area contributed by atoms with Crippen molar-refractivity contribution < 1.29 is 37.2 Å². The summed E-state index contributed by atoms with van der Waals surface area (Å²) in [5.41, 5.74) is -1.31. The molecule has 9 nitrogen and oxygen atoms in total. The minimum atomic E-state index is -1.08. The van der Waals surface area contributed by atoms with Crippen LogP contribution in [0.2, 0.25) is 0 Å². The molecular weight excluding hydrogens is 411 g/mol. The van der Waals surface area contributed by atoms with Crippen molar-refractivity contribution in [3.8, 4) is 0 Å². The second-order valence-electron chi connectivity index (χ2n) is 5.76. The average Bonchev–Trinajstić information content (AvgIpc) is 2.67. The Bertz CT molecular complexity index is 999. The summed E-state index contributed by atoms with van der Waals surface area (Å²) in [4.78, 5) is 44.8. The van der Waals surface area contributed by atoms with E-state index >= 15 is 0 Å². The van der Waals surface area contributed by atoms with Crippen molar-refractivity contribution in [3.05, 3.63) is 69.5 Å². The zero-order valence-corrected chi connectivity index (χ0v) is 15.1. The van der Waals surface area contributed by atoms with Crippen molar-refractivity contribution in [3.63, 3.8) is 0 Å². The van der Waals surface area contributed by atoms with Gasteiger partial charge < -0.3 is 15.4 Å². The molecule has 0 aliphatic carbocycles. The van der Waals surface area contributed by atoms with E-state index in [1.165, 1.54) is 0 Å². The topological polar surface area (TPSA) is 128 Å². The Kier molecular flexibility index (Phi) is 7.44. The summed E-state index contributed by atoms with van der Waals surface area (Å²) in [5, 5.41) is 15.1. The fourth-order valence-corrected chi connectivity index (χ4v) is 2.19. The lowest BCUT2D eigenvalue weighted by molar-refractivity contribution is -0.387. The van der Waals surface area contributed by atoms with Gasteiger partial charge in [0.1, 0.15) is 11.6 Å². The molecule has 0 aliphatic rings. The van der Waals surface area contributed by atoms with Crippen LogP contribution in [0.25, 0.3) is 0 Å². The maximum atomic E-state index is 13.5. The summed E-state index contributed by atoms with van der Waals surface area (Å²) in [5.74, 6) is -5.55. The van der Waals surface area contributed by atoms with Crippen molar-refractivity contribution in [1.29, 1.82) is 0 Å². The van der Waals surface area contributed by atoms with E-state index in [9.17, 15) is 37.7 Å². The van der Waals surface area contributed by atoms with Gasteiger partial charge in [-0.05, 0) is 24.3 Å². The number of ether oxygens (including phenoxy) is 1. The number of carbonyl (C=O) groups excluding carboxylic acids is 3. The zero-order valence-electron chi connectivity index (χ0n) is 15.1. The highest BCUT2D eigenvalue weighted by atomic mass is 19.1. The molecule has 0 unspecified atom stereocenters. The molecule has 0 bridgehead atoms. The Hall–Kier alpha value is -3.96. The third-order valence-electron chi connectivity index (χ3n) is 3.58. The number of hydrogen-bond acceptors (Lipinski definition) is 6. The van der Waals surface area contributed by atoms with Crippen LogP contribution in [0.3, 0.4) is 0 Å². The molecule has 2 amide bonds. The fraction of sp³-hybridized carbons (Fsp3) is 0.167. The molecule has 0 aromatic heterocycles. The second-order valence-corrected chi connectivity index (χ2v) is 5.76. The molecule has 0 saturated heterocycles. The number of rotatable bonds is 8. The van der Waals surface area contributed by atoms with Gasteiger partial charge >= 0.3 is 11.7 Å². The van der Waals surface area contributed by atoms with Crippen LogP contribution in [0, 0.1) is 27.6 Å². The highest BCUT2D eigenvalue weighted by molar-refractivity contribution is 5.95. The molecule has 0 heterocycles. The Morgan fingerprint density at radius 3 is 2.43 bits per heavy atom. The number of halogens is 3. The van der Waals surface area contributed by atoms with Gasteiger partial charge in [-0.1, -0.05) is 0 Å².